The maximum absolute atomic E-state index is 14.2. The van der Waals surface area contributed by atoms with Gasteiger partial charge in [-0.15, -0.1) is 0 Å². The molecule has 3 aromatic carbocycles. The molecule has 0 spiro atoms. The molecule has 0 aromatic heterocycles. The molecule has 0 bridgehead atoms. The van der Waals surface area contributed by atoms with Gasteiger partial charge in [0, 0.05) is 18.7 Å². The minimum absolute atomic E-state index is 0.0669. The number of sulfonamides is 1. The Labute approximate surface area is 249 Å². The van der Waals surface area contributed by atoms with Crippen molar-refractivity contribution in [2.45, 2.75) is 76.4 Å². The molecule has 0 saturated heterocycles. The Balaban J connectivity index is 1.70. The smallest absolute Gasteiger partial charge is 0.264 e. The number of hydrogen-bond donors (Lipinski definition) is 1. The summed E-state index contributed by atoms with van der Waals surface area (Å²) in [6.45, 7) is 5.22. The van der Waals surface area contributed by atoms with Crippen LogP contribution in [0.3, 0.4) is 0 Å². The monoisotopic (exact) mass is 591 g/mol. The van der Waals surface area contributed by atoms with E-state index in [1.807, 2.05) is 38.1 Å². The highest BCUT2D eigenvalue weighted by Gasteiger charge is 2.33. The maximum atomic E-state index is 14.2. The summed E-state index contributed by atoms with van der Waals surface area (Å²) in [5.74, 6) is -0.262. The number of nitrogens with one attached hydrogen (secondary N) is 1. The summed E-state index contributed by atoms with van der Waals surface area (Å²) in [7, 11) is -2.64. The van der Waals surface area contributed by atoms with Crippen LogP contribution in [0.2, 0.25) is 0 Å². The predicted octanol–water partition coefficient (Wildman–Crippen LogP) is 5.37. The number of carbonyl (C=O) groups excluding carboxylic acids is 2. The molecule has 1 atom stereocenters. The number of hydrogen-bond acceptors (Lipinski definition) is 5. The second-order valence-electron chi connectivity index (χ2n) is 11.0. The fraction of sp³-hybridized carbons (Fsp3) is 0.394. The molecule has 4 rings (SSSR count). The molecular weight excluding hydrogens is 550 g/mol. The summed E-state index contributed by atoms with van der Waals surface area (Å²) in [6, 6.07) is 20.1. The van der Waals surface area contributed by atoms with Crippen molar-refractivity contribution >= 4 is 27.5 Å². The highest BCUT2D eigenvalue weighted by atomic mass is 32.2. The second kappa shape index (κ2) is 13.9. The van der Waals surface area contributed by atoms with E-state index in [1.165, 1.54) is 24.1 Å². The predicted molar refractivity (Wildman–Crippen MR) is 165 cm³/mol. The topological polar surface area (TPSA) is 96.0 Å². The van der Waals surface area contributed by atoms with Crippen molar-refractivity contribution in [2.24, 2.45) is 0 Å². The van der Waals surface area contributed by atoms with Crippen molar-refractivity contribution in [1.29, 1.82) is 0 Å². The number of anilines is 1. The Bertz CT molecular complexity index is 1480. The molecule has 2 amide bonds. The van der Waals surface area contributed by atoms with Crippen LogP contribution in [0.15, 0.2) is 77.7 Å². The van der Waals surface area contributed by atoms with Gasteiger partial charge in [-0.25, -0.2) is 8.42 Å². The molecule has 1 N–H and O–H groups in total. The molecule has 224 valence electrons. The SMILES string of the molecule is COc1cccc(N(CC(=O)N(Cc2ccccc2C)[C@@H](C)C(=O)NC2CCCCC2)S(=O)(=O)c2ccc(C)cc2)c1. The number of benzene rings is 3. The molecule has 1 fully saturated rings. The van der Waals surface area contributed by atoms with Gasteiger partial charge in [0.25, 0.3) is 10.0 Å². The van der Waals surface area contributed by atoms with Crippen LogP contribution in [0.25, 0.3) is 0 Å². The molecule has 42 heavy (non-hydrogen) atoms. The lowest BCUT2D eigenvalue weighted by atomic mass is 9.95. The van der Waals surface area contributed by atoms with Crippen LogP contribution < -0.4 is 14.4 Å². The summed E-state index contributed by atoms with van der Waals surface area (Å²) in [4.78, 5) is 29.2. The van der Waals surface area contributed by atoms with Gasteiger partial charge in [-0.3, -0.25) is 13.9 Å². The summed E-state index contributed by atoms with van der Waals surface area (Å²) >= 11 is 0. The van der Waals surface area contributed by atoms with Crippen LogP contribution in [0.4, 0.5) is 5.69 Å². The van der Waals surface area contributed by atoms with Crippen molar-refractivity contribution in [3.8, 4) is 5.75 Å². The van der Waals surface area contributed by atoms with E-state index in [1.54, 1.807) is 43.3 Å². The first-order valence-corrected chi connectivity index (χ1v) is 15.9. The van der Waals surface area contributed by atoms with Crippen LogP contribution >= 0.6 is 0 Å². The average Bonchev–Trinajstić information content (AvgIpc) is 2.99. The van der Waals surface area contributed by atoms with Gasteiger partial charge in [0.05, 0.1) is 17.7 Å². The van der Waals surface area contributed by atoms with E-state index in [0.717, 1.165) is 53.1 Å². The molecular formula is C33H41N3O5S. The summed E-state index contributed by atoms with van der Waals surface area (Å²) in [5, 5.41) is 3.13. The van der Waals surface area contributed by atoms with E-state index >= 15 is 0 Å². The summed E-state index contributed by atoms with van der Waals surface area (Å²) < 4.78 is 34.5. The van der Waals surface area contributed by atoms with Crippen molar-refractivity contribution in [1.82, 2.24) is 10.2 Å². The fourth-order valence-electron chi connectivity index (χ4n) is 5.25. The molecule has 0 radical (unpaired) electrons. The zero-order chi connectivity index (χ0) is 30.3. The van der Waals surface area contributed by atoms with Crippen molar-refractivity contribution in [3.05, 3.63) is 89.5 Å². The minimum Gasteiger partial charge on any atom is -0.497 e. The number of amides is 2. The lowest BCUT2D eigenvalue weighted by molar-refractivity contribution is -0.139. The molecule has 0 unspecified atom stereocenters. The first-order valence-electron chi connectivity index (χ1n) is 14.5. The van der Waals surface area contributed by atoms with Gasteiger partial charge < -0.3 is 15.0 Å². The van der Waals surface area contributed by atoms with Gasteiger partial charge in [-0.05, 0) is 69.0 Å². The van der Waals surface area contributed by atoms with Crippen molar-refractivity contribution < 1.29 is 22.7 Å². The van der Waals surface area contributed by atoms with Gasteiger partial charge in [-0.2, -0.15) is 0 Å². The lowest BCUT2D eigenvalue weighted by Gasteiger charge is -2.33. The van der Waals surface area contributed by atoms with Crippen LogP contribution in [0, 0.1) is 13.8 Å². The summed E-state index contributed by atoms with van der Waals surface area (Å²) in [6.07, 6.45) is 5.13. The molecule has 9 heteroatoms. The zero-order valence-electron chi connectivity index (χ0n) is 24.9. The van der Waals surface area contributed by atoms with Crippen LogP contribution in [-0.4, -0.2) is 50.9 Å². The third-order valence-corrected chi connectivity index (χ3v) is 9.74. The number of nitrogens with zero attached hydrogens (tertiary/aromatic N) is 2. The Kier molecular flexibility index (Phi) is 10.3. The Morgan fingerprint density at radius 1 is 0.952 bits per heavy atom. The van der Waals surface area contributed by atoms with Gasteiger partial charge in [-0.1, -0.05) is 67.3 Å². The Morgan fingerprint density at radius 3 is 2.31 bits per heavy atom. The van der Waals surface area contributed by atoms with Gasteiger partial charge in [0.15, 0.2) is 0 Å². The molecule has 8 nitrogen and oxygen atoms in total. The number of aryl methyl sites for hydroxylation is 2. The van der Waals surface area contributed by atoms with Gasteiger partial charge in [0.1, 0.15) is 18.3 Å². The fourth-order valence-corrected chi connectivity index (χ4v) is 6.66. The van der Waals surface area contributed by atoms with Crippen LogP contribution in [0.5, 0.6) is 5.75 Å². The Morgan fingerprint density at radius 2 is 1.64 bits per heavy atom. The van der Waals surface area contributed by atoms with E-state index in [-0.39, 0.29) is 23.4 Å². The molecule has 0 aliphatic heterocycles. The standard InChI is InChI=1S/C33H41N3O5S/c1-24-17-19-31(20-18-24)42(39,40)36(29-15-10-16-30(21-29)41-4)23-32(37)35(22-27-12-9-8-11-25(27)2)26(3)33(38)34-28-13-6-5-7-14-28/h8-12,15-21,26,28H,5-7,13-14,22-23H2,1-4H3,(H,34,38)/t26-/m0/s1. The first-order chi connectivity index (χ1) is 20.1. The number of carbonyl (C=O) groups is 2. The van der Waals surface area contributed by atoms with E-state index in [2.05, 4.69) is 5.32 Å². The summed E-state index contributed by atoms with van der Waals surface area (Å²) in [5.41, 5.74) is 3.07. The van der Waals surface area contributed by atoms with Crippen molar-refractivity contribution in [2.75, 3.05) is 18.0 Å². The third kappa shape index (κ3) is 7.50. The average molecular weight is 592 g/mol. The lowest BCUT2D eigenvalue weighted by Crippen LogP contribution is -2.53. The zero-order valence-corrected chi connectivity index (χ0v) is 25.7. The normalized spacial score (nSPS) is 14.6. The number of methoxy groups -OCH3 is 1. The Hall–Kier alpha value is -3.85. The second-order valence-corrected chi connectivity index (χ2v) is 12.9. The highest BCUT2D eigenvalue weighted by molar-refractivity contribution is 7.92. The molecule has 0 heterocycles. The van der Waals surface area contributed by atoms with E-state index < -0.39 is 28.5 Å². The maximum Gasteiger partial charge on any atom is 0.264 e. The van der Waals surface area contributed by atoms with Crippen LogP contribution in [-0.2, 0) is 26.2 Å². The van der Waals surface area contributed by atoms with E-state index in [9.17, 15) is 18.0 Å². The minimum atomic E-state index is -4.14. The van der Waals surface area contributed by atoms with Gasteiger partial charge >= 0.3 is 0 Å². The largest absolute Gasteiger partial charge is 0.497 e. The van der Waals surface area contributed by atoms with Crippen molar-refractivity contribution in [3.63, 3.8) is 0 Å². The number of rotatable bonds is 11. The van der Waals surface area contributed by atoms with Gasteiger partial charge in [0.2, 0.25) is 11.8 Å². The molecule has 1 aliphatic carbocycles. The highest BCUT2D eigenvalue weighted by Crippen LogP contribution is 2.28. The molecule has 1 saturated carbocycles. The first kappa shape index (κ1) is 31.1. The van der Waals surface area contributed by atoms with E-state index in [0.29, 0.717) is 11.4 Å². The molecule has 3 aromatic rings. The molecule has 1 aliphatic rings. The third-order valence-electron chi connectivity index (χ3n) is 7.95. The van der Waals surface area contributed by atoms with Crippen LogP contribution in [0.1, 0.15) is 55.7 Å². The van der Waals surface area contributed by atoms with E-state index in [4.69, 9.17) is 4.74 Å². The number of ether oxygens (including phenoxy) is 1. The quantitative estimate of drug-likeness (QED) is 0.323.